The van der Waals surface area contributed by atoms with E-state index in [1.54, 1.807) is 0 Å². The predicted molar refractivity (Wildman–Crippen MR) is 63.4 cm³/mol. The molecule has 0 aliphatic heterocycles. The molecule has 1 aliphatic carbocycles. The van der Waals surface area contributed by atoms with Crippen LogP contribution in [0.2, 0.25) is 0 Å². The maximum Gasteiger partial charge on any atom is 0.0697 e. The van der Waals surface area contributed by atoms with E-state index >= 15 is 0 Å². The summed E-state index contributed by atoms with van der Waals surface area (Å²) in [5.74, 6) is 0.884. The highest BCUT2D eigenvalue weighted by Crippen LogP contribution is 2.41. The molecule has 0 aromatic carbocycles. The molecule has 2 nitrogen and oxygen atoms in total. The molecule has 1 saturated carbocycles. The Morgan fingerprint density at radius 2 is 1.80 bits per heavy atom. The summed E-state index contributed by atoms with van der Waals surface area (Å²) in [6.07, 6.45) is 4.17. The predicted octanol–water partition coefficient (Wildman–Crippen LogP) is 2.95. The van der Waals surface area contributed by atoms with Crippen LogP contribution in [0.4, 0.5) is 0 Å². The summed E-state index contributed by atoms with van der Waals surface area (Å²) in [5.41, 5.74) is 0.152. The minimum atomic E-state index is -0.240. The molecule has 0 spiro atoms. The van der Waals surface area contributed by atoms with Gasteiger partial charge < -0.3 is 5.32 Å². The highest BCUT2D eigenvalue weighted by molar-refractivity contribution is 4.94. The van der Waals surface area contributed by atoms with Crippen molar-refractivity contribution in [3.05, 3.63) is 0 Å². The van der Waals surface area contributed by atoms with Gasteiger partial charge in [-0.15, -0.1) is 0 Å². The molecule has 0 unspecified atom stereocenters. The van der Waals surface area contributed by atoms with Gasteiger partial charge in [0, 0.05) is 13.1 Å². The van der Waals surface area contributed by atoms with Gasteiger partial charge in [-0.2, -0.15) is 5.26 Å². The third-order valence-corrected chi connectivity index (χ3v) is 3.66. The van der Waals surface area contributed by atoms with E-state index in [-0.39, 0.29) is 5.41 Å². The molecule has 86 valence electrons. The quantitative estimate of drug-likeness (QED) is 0.754. The monoisotopic (exact) mass is 208 g/mol. The molecule has 0 atom stereocenters. The van der Waals surface area contributed by atoms with E-state index in [0.29, 0.717) is 5.41 Å². The minimum absolute atomic E-state index is 0.240. The van der Waals surface area contributed by atoms with E-state index < -0.39 is 0 Å². The molecule has 1 aliphatic rings. The number of hydrogen-bond acceptors (Lipinski definition) is 2. The van der Waals surface area contributed by atoms with Crippen molar-refractivity contribution >= 4 is 0 Å². The van der Waals surface area contributed by atoms with Crippen LogP contribution in [0.3, 0.4) is 0 Å². The SMILES string of the molecule is CC(C)(C#N)CNCC(C)(C)C1CCC1. The van der Waals surface area contributed by atoms with E-state index in [1.165, 1.54) is 19.3 Å². The van der Waals surface area contributed by atoms with Crippen LogP contribution in [0.15, 0.2) is 0 Å². The van der Waals surface area contributed by atoms with Gasteiger partial charge in [0.2, 0.25) is 0 Å². The molecule has 1 N–H and O–H groups in total. The molecule has 0 aromatic heterocycles. The summed E-state index contributed by atoms with van der Waals surface area (Å²) in [6.45, 7) is 10.5. The maximum absolute atomic E-state index is 8.90. The van der Waals surface area contributed by atoms with Crippen molar-refractivity contribution in [3.8, 4) is 6.07 Å². The second kappa shape index (κ2) is 4.53. The van der Waals surface area contributed by atoms with Crippen molar-refractivity contribution in [3.63, 3.8) is 0 Å². The normalized spacial score (nSPS) is 18.3. The van der Waals surface area contributed by atoms with Crippen LogP contribution < -0.4 is 5.32 Å². The van der Waals surface area contributed by atoms with Crippen LogP contribution in [0.25, 0.3) is 0 Å². The second-order valence-electron chi connectivity index (χ2n) is 6.22. The average molecular weight is 208 g/mol. The van der Waals surface area contributed by atoms with Gasteiger partial charge in [0.1, 0.15) is 0 Å². The number of nitriles is 1. The first-order valence-corrected chi connectivity index (χ1v) is 5.99. The number of rotatable bonds is 5. The lowest BCUT2D eigenvalue weighted by molar-refractivity contribution is 0.117. The summed E-state index contributed by atoms with van der Waals surface area (Å²) in [5, 5.41) is 12.3. The molecule has 15 heavy (non-hydrogen) atoms. The van der Waals surface area contributed by atoms with Gasteiger partial charge in [-0.25, -0.2) is 0 Å². The minimum Gasteiger partial charge on any atom is -0.315 e. The van der Waals surface area contributed by atoms with E-state index in [1.807, 2.05) is 13.8 Å². The van der Waals surface area contributed by atoms with Crippen molar-refractivity contribution in [1.82, 2.24) is 5.32 Å². The Labute approximate surface area is 94.1 Å². The Hall–Kier alpha value is -0.550. The lowest BCUT2D eigenvalue weighted by Crippen LogP contribution is -2.41. The van der Waals surface area contributed by atoms with Crippen molar-refractivity contribution in [2.45, 2.75) is 47.0 Å². The lowest BCUT2D eigenvalue weighted by atomic mass is 9.67. The molecule has 0 heterocycles. The van der Waals surface area contributed by atoms with Crippen LogP contribution in [-0.2, 0) is 0 Å². The molecule has 0 aromatic rings. The largest absolute Gasteiger partial charge is 0.315 e. The van der Waals surface area contributed by atoms with Crippen molar-refractivity contribution < 1.29 is 0 Å². The maximum atomic E-state index is 8.90. The molecule has 0 amide bonds. The molecular weight excluding hydrogens is 184 g/mol. The average Bonchev–Trinajstić information content (AvgIpc) is 1.99. The number of nitrogens with one attached hydrogen (secondary N) is 1. The van der Waals surface area contributed by atoms with E-state index in [4.69, 9.17) is 5.26 Å². The number of hydrogen-bond donors (Lipinski definition) is 1. The van der Waals surface area contributed by atoms with E-state index in [2.05, 4.69) is 25.2 Å². The summed E-state index contributed by atoms with van der Waals surface area (Å²) >= 11 is 0. The van der Waals surface area contributed by atoms with Gasteiger partial charge in [-0.05, 0) is 38.0 Å². The Balaban J connectivity index is 2.27. The summed E-state index contributed by atoms with van der Waals surface area (Å²) in [7, 11) is 0. The van der Waals surface area contributed by atoms with Gasteiger partial charge in [0.25, 0.3) is 0 Å². The third kappa shape index (κ3) is 3.50. The molecule has 1 fully saturated rings. The van der Waals surface area contributed by atoms with Gasteiger partial charge >= 0.3 is 0 Å². The molecule has 0 bridgehead atoms. The van der Waals surface area contributed by atoms with E-state index in [0.717, 1.165) is 19.0 Å². The van der Waals surface area contributed by atoms with Crippen LogP contribution in [0.5, 0.6) is 0 Å². The first-order valence-electron chi connectivity index (χ1n) is 5.99. The van der Waals surface area contributed by atoms with Gasteiger partial charge in [0.15, 0.2) is 0 Å². The van der Waals surface area contributed by atoms with Gasteiger partial charge in [-0.3, -0.25) is 0 Å². The molecular formula is C13H24N2. The standard InChI is InChI=1S/C13H24N2/c1-12(2,8-14)9-15-10-13(3,4)11-6-5-7-11/h11,15H,5-7,9-10H2,1-4H3. The van der Waals surface area contributed by atoms with Crippen molar-refractivity contribution in [2.24, 2.45) is 16.7 Å². The Kier molecular flexibility index (Phi) is 3.78. The highest BCUT2D eigenvalue weighted by Gasteiger charge is 2.33. The van der Waals surface area contributed by atoms with E-state index in [9.17, 15) is 0 Å². The molecule has 0 saturated heterocycles. The Morgan fingerprint density at radius 3 is 2.20 bits per heavy atom. The first-order chi connectivity index (χ1) is 6.87. The van der Waals surface area contributed by atoms with Crippen LogP contribution >= 0.6 is 0 Å². The first kappa shape index (κ1) is 12.5. The zero-order valence-corrected chi connectivity index (χ0v) is 10.6. The number of nitrogens with zero attached hydrogens (tertiary/aromatic N) is 1. The lowest BCUT2D eigenvalue weighted by Gasteiger charge is -2.41. The van der Waals surface area contributed by atoms with Gasteiger partial charge in [-0.1, -0.05) is 20.3 Å². The van der Waals surface area contributed by atoms with Gasteiger partial charge in [0.05, 0.1) is 11.5 Å². The Morgan fingerprint density at radius 1 is 1.20 bits per heavy atom. The second-order valence-corrected chi connectivity index (χ2v) is 6.22. The van der Waals surface area contributed by atoms with Crippen molar-refractivity contribution in [2.75, 3.05) is 13.1 Å². The molecule has 1 rings (SSSR count). The zero-order chi connectivity index (χ0) is 11.5. The van der Waals surface area contributed by atoms with Crippen LogP contribution in [0, 0.1) is 28.1 Å². The smallest absolute Gasteiger partial charge is 0.0697 e. The van der Waals surface area contributed by atoms with Crippen LogP contribution in [0.1, 0.15) is 47.0 Å². The summed E-state index contributed by atoms with van der Waals surface area (Å²) in [6, 6.07) is 2.32. The Bertz CT molecular complexity index is 244. The fourth-order valence-electron chi connectivity index (χ4n) is 2.07. The molecule has 0 radical (unpaired) electrons. The highest BCUT2D eigenvalue weighted by atomic mass is 14.9. The fourth-order valence-corrected chi connectivity index (χ4v) is 2.07. The summed E-state index contributed by atoms with van der Waals surface area (Å²) in [4.78, 5) is 0. The van der Waals surface area contributed by atoms with Crippen molar-refractivity contribution in [1.29, 1.82) is 5.26 Å². The third-order valence-electron chi connectivity index (χ3n) is 3.66. The summed E-state index contributed by atoms with van der Waals surface area (Å²) < 4.78 is 0. The molecule has 2 heteroatoms. The topological polar surface area (TPSA) is 35.8 Å². The van der Waals surface area contributed by atoms with Crippen LogP contribution in [-0.4, -0.2) is 13.1 Å². The zero-order valence-electron chi connectivity index (χ0n) is 10.6. The fraction of sp³-hybridized carbons (Fsp3) is 0.923.